The largest absolute Gasteiger partial charge is 0.756 e. The van der Waals surface area contributed by atoms with Gasteiger partial charge in [-0.15, -0.1) is 0 Å². The predicted octanol–water partition coefficient (Wildman–Crippen LogP) is 18.7. The van der Waals surface area contributed by atoms with Gasteiger partial charge >= 0.3 is 5.97 Å². The smallest absolute Gasteiger partial charge is 0.306 e. The number of rotatable bonds is 55. The molecule has 0 aliphatic carbocycles. The van der Waals surface area contributed by atoms with Crippen LogP contribution in [0, 0.1) is 0 Å². The molecule has 9 nitrogen and oxygen atoms in total. The van der Waals surface area contributed by atoms with Crippen molar-refractivity contribution in [1.82, 2.24) is 5.32 Å². The minimum absolute atomic E-state index is 0.0401. The van der Waals surface area contributed by atoms with Crippen LogP contribution >= 0.6 is 7.82 Å². The molecule has 0 rings (SSSR count). The van der Waals surface area contributed by atoms with Crippen LogP contribution in [-0.4, -0.2) is 69.4 Å². The SMILES string of the molecule is CCCCC/C=C\C/C=C\C/C=C\C/C=C\CCCCCCCC(=O)NC(COP(=O)([O-])OCC[N+](C)(C)C)C(/C=C\CCCCCCCCCCCCC)OC(=O)CCC/C=C\C/C=C\C/C=C\C/C=C\CCCCC. The number of likely N-dealkylation sites (N-methyl/N-ethyl adjacent to an activating group) is 1. The number of nitrogens with one attached hydrogen (secondary N) is 1. The second kappa shape index (κ2) is 56.0. The van der Waals surface area contributed by atoms with E-state index in [4.69, 9.17) is 13.8 Å². The number of unbranched alkanes of at least 4 members (excludes halogenated alkanes) is 23. The van der Waals surface area contributed by atoms with Gasteiger partial charge in [-0.3, -0.25) is 14.2 Å². The van der Waals surface area contributed by atoms with E-state index in [2.05, 4.69) is 123 Å². The Balaban J connectivity index is 5.42. The van der Waals surface area contributed by atoms with Crippen molar-refractivity contribution in [2.24, 2.45) is 0 Å². The molecule has 0 aliphatic rings. The highest BCUT2D eigenvalue weighted by atomic mass is 31.2. The highest BCUT2D eigenvalue weighted by molar-refractivity contribution is 7.45. The number of ether oxygens (including phenoxy) is 1. The van der Waals surface area contributed by atoms with Crippen molar-refractivity contribution in [2.45, 2.75) is 264 Å². The Kier molecular flexibility index (Phi) is 53.5. The first-order chi connectivity index (χ1) is 37.4. The van der Waals surface area contributed by atoms with Gasteiger partial charge in [0.15, 0.2) is 0 Å². The van der Waals surface area contributed by atoms with Gasteiger partial charge in [0.05, 0.1) is 33.8 Å². The highest BCUT2D eigenvalue weighted by Gasteiger charge is 2.27. The quantitative estimate of drug-likeness (QED) is 0.0212. The van der Waals surface area contributed by atoms with Gasteiger partial charge in [0.25, 0.3) is 7.82 Å². The summed E-state index contributed by atoms with van der Waals surface area (Å²) >= 11 is 0. The Hall–Kier alpha value is -3.33. The van der Waals surface area contributed by atoms with Crippen LogP contribution in [0.3, 0.4) is 0 Å². The summed E-state index contributed by atoms with van der Waals surface area (Å²) in [7, 11) is 1.13. The van der Waals surface area contributed by atoms with Gasteiger partial charge in [-0.05, 0) is 115 Å². The number of nitrogens with zero attached hydrogens (tertiary/aromatic N) is 1. The van der Waals surface area contributed by atoms with E-state index >= 15 is 0 Å². The number of quaternary nitrogens is 1. The average molecular weight is 1090 g/mol. The minimum atomic E-state index is -4.72. The number of carbonyl (C=O) groups is 2. The molecule has 1 amide bonds. The van der Waals surface area contributed by atoms with Crippen LogP contribution in [0.1, 0.15) is 252 Å². The molecule has 3 atom stereocenters. The Morgan fingerprint density at radius 1 is 0.455 bits per heavy atom. The number of allylic oxidation sites excluding steroid dienone is 17. The van der Waals surface area contributed by atoms with Crippen LogP contribution in [0.5, 0.6) is 0 Å². The lowest BCUT2D eigenvalue weighted by molar-refractivity contribution is -0.870. The molecule has 0 heterocycles. The summed E-state index contributed by atoms with van der Waals surface area (Å²) in [5.41, 5.74) is 0. The first kappa shape index (κ1) is 73.7. The second-order valence-electron chi connectivity index (χ2n) is 21.8. The van der Waals surface area contributed by atoms with Gasteiger partial charge in [-0.1, -0.05) is 233 Å². The number of hydrogen-bond acceptors (Lipinski definition) is 7. The van der Waals surface area contributed by atoms with E-state index in [0.29, 0.717) is 23.9 Å². The fourth-order valence-corrected chi connectivity index (χ4v) is 9.04. The first-order valence-electron chi connectivity index (χ1n) is 31.2. The number of esters is 1. The molecule has 10 heteroatoms. The van der Waals surface area contributed by atoms with E-state index in [1.165, 1.54) is 109 Å². The summed E-state index contributed by atoms with van der Waals surface area (Å²) in [5, 5.41) is 3.00. The maximum atomic E-state index is 13.5. The van der Waals surface area contributed by atoms with E-state index in [1.807, 2.05) is 33.3 Å². The molecule has 3 unspecified atom stereocenters. The van der Waals surface area contributed by atoms with Crippen LogP contribution in [0.25, 0.3) is 0 Å². The first-order valence-corrected chi connectivity index (χ1v) is 32.7. The van der Waals surface area contributed by atoms with Crippen LogP contribution in [0.4, 0.5) is 0 Å². The normalized spacial score (nSPS) is 14.4. The van der Waals surface area contributed by atoms with Crippen molar-refractivity contribution in [1.29, 1.82) is 0 Å². The van der Waals surface area contributed by atoms with Gasteiger partial charge in [0.2, 0.25) is 5.91 Å². The van der Waals surface area contributed by atoms with Gasteiger partial charge in [0.1, 0.15) is 19.3 Å². The number of amides is 1. The molecule has 442 valence electrons. The fourth-order valence-electron chi connectivity index (χ4n) is 8.32. The van der Waals surface area contributed by atoms with Crippen molar-refractivity contribution in [3.8, 4) is 0 Å². The summed E-state index contributed by atoms with van der Waals surface area (Å²) in [6.45, 7) is 6.73. The Labute approximate surface area is 474 Å². The zero-order valence-electron chi connectivity index (χ0n) is 50.4. The summed E-state index contributed by atoms with van der Waals surface area (Å²) < 4.78 is 30.3. The number of phosphoric acid groups is 1. The Bertz CT molecular complexity index is 1690. The third-order valence-corrected chi connectivity index (χ3v) is 14.1. The maximum Gasteiger partial charge on any atom is 0.306 e. The molecule has 0 aromatic rings. The minimum Gasteiger partial charge on any atom is -0.756 e. The molecule has 0 saturated carbocycles. The zero-order chi connectivity index (χ0) is 56.4. The molecular weight excluding hydrogens is 976 g/mol. The summed E-state index contributed by atoms with van der Waals surface area (Å²) in [5.74, 6) is -0.633. The van der Waals surface area contributed by atoms with E-state index in [1.54, 1.807) is 0 Å². The third kappa shape index (κ3) is 57.2. The highest BCUT2D eigenvalue weighted by Crippen LogP contribution is 2.38. The van der Waals surface area contributed by atoms with E-state index in [-0.39, 0.29) is 25.4 Å². The van der Waals surface area contributed by atoms with E-state index in [0.717, 1.165) is 96.3 Å². The molecule has 1 N–H and O–H groups in total. The Morgan fingerprint density at radius 2 is 0.805 bits per heavy atom. The topological polar surface area (TPSA) is 114 Å². The molecule has 0 fully saturated rings. The van der Waals surface area contributed by atoms with Crippen LogP contribution in [0.15, 0.2) is 109 Å². The van der Waals surface area contributed by atoms with Crippen molar-refractivity contribution >= 4 is 19.7 Å². The van der Waals surface area contributed by atoms with Crippen molar-refractivity contribution in [2.75, 3.05) is 40.9 Å². The molecule has 0 spiro atoms. The van der Waals surface area contributed by atoms with Gasteiger partial charge in [-0.2, -0.15) is 0 Å². The van der Waals surface area contributed by atoms with Crippen molar-refractivity contribution < 1.29 is 37.3 Å². The van der Waals surface area contributed by atoms with Gasteiger partial charge in [-0.25, -0.2) is 0 Å². The maximum absolute atomic E-state index is 13.5. The summed E-state index contributed by atoms with van der Waals surface area (Å²) in [6, 6.07) is -0.928. The van der Waals surface area contributed by atoms with Crippen LogP contribution in [-0.2, 0) is 27.9 Å². The lowest BCUT2D eigenvalue weighted by atomic mass is 10.0. The van der Waals surface area contributed by atoms with Crippen LogP contribution in [0.2, 0.25) is 0 Å². The number of hydrogen-bond donors (Lipinski definition) is 1. The number of carbonyl (C=O) groups excluding carboxylic acids is 2. The lowest BCUT2D eigenvalue weighted by Crippen LogP contribution is -2.47. The van der Waals surface area contributed by atoms with Crippen LogP contribution < -0.4 is 10.2 Å². The molecule has 77 heavy (non-hydrogen) atoms. The molecule has 0 aromatic carbocycles. The molecule has 0 radical (unpaired) electrons. The van der Waals surface area contributed by atoms with Crippen molar-refractivity contribution in [3.63, 3.8) is 0 Å². The molecule has 0 aromatic heterocycles. The van der Waals surface area contributed by atoms with Crippen molar-refractivity contribution in [3.05, 3.63) is 109 Å². The molecule has 0 aliphatic heterocycles. The predicted molar refractivity (Wildman–Crippen MR) is 330 cm³/mol. The fraction of sp³-hybridized carbons (Fsp3) is 0.701. The monoisotopic (exact) mass is 1090 g/mol. The average Bonchev–Trinajstić information content (AvgIpc) is 3.39. The lowest BCUT2D eigenvalue weighted by Gasteiger charge is -2.30. The Morgan fingerprint density at radius 3 is 1.23 bits per heavy atom. The third-order valence-electron chi connectivity index (χ3n) is 13.2. The zero-order valence-corrected chi connectivity index (χ0v) is 51.3. The molecular formula is C67H117N2O7P. The number of phosphoric ester groups is 1. The second-order valence-corrected chi connectivity index (χ2v) is 23.3. The van der Waals surface area contributed by atoms with E-state index in [9.17, 15) is 19.0 Å². The standard InChI is InChI=1S/C67H117N2O7P/c1-7-10-13-16-19-22-25-28-30-32-33-34-35-37-38-41-44-47-50-53-56-59-66(70)68-64(63-75-77(72,73)74-62-61-69(4,5)6)65(58-55-52-49-46-43-40-27-24-21-18-15-12-9-3)76-67(71)60-57-54-51-48-45-42-39-36-31-29-26-23-20-17-14-11-8-2/h19-20,22-23,28-31,33-34,37-39,42,48,51,55,58,64-65H,7-18,21,24-27,32,35-36,40-41,43-47,49-50,52-54,56-57,59-63H2,1-6H3,(H-,68,70,72,73)/b22-19-,23-20-,30-28-,31-29-,34-33-,38-37-,42-39-,51-48-,58-55-. The van der Waals surface area contributed by atoms with Gasteiger partial charge < -0.3 is 28.5 Å². The molecule has 0 saturated heterocycles. The molecule has 0 bridgehead atoms. The van der Waals surface area contributed by atoms with Gasteiger partial charge in [0, 0.05) is 12.8 Å². The summed E-state index contributed by atoms with van der Waals surface area (Å²) in [6.07, 6.45) is 76.3. The van der Waals surface area contributed by atoms with E-state index < -0.39 is 32.5 Å². The summed E-state index contributed by atoms with van der Waals surface area (Å²) in [4.78, 5) is 40.0.